The minimum atomic E-state index is -0.0116. The number of hydrogen-bond acceptors (Lipinski definition) is 5. The van der Waals surface area contributed by atoms with E-state index < -0.39 is 0 Å². The molecule has 0 bridgehead atoms. The van der Waals surface area contributed by atoms with E-state index in [2.05, 4.69) is 25.2 Å². The first-order valence-electron chi connectivity index (χ1n) is 7.76. The van der Waals surface area contributed by atoms with Crippen molar-refractivity contribution in [3.8, 4) is 0 Å². The van der Waals surface area contributed by atoms with Crippen molar-refractivity contribution in [1.29, 1.82) is 0 Å². The van der Waals surface area contributed by atoms with E-state index >= 15 is 0 Å². The van der Waals surface area contributed by atoms with Crippen LogP contribution in [0.5, 0.6) is 0 Å². The largest absolute Gasteiger partial charge is 0.338 e. The van der Waals surface area contributed by atoms with Gasteiger partial charge in [-0.1, -0.05) is 6.07 Å². The average Bonchev–Trinajstić information content (AvgIpc) is 2.63. The van der Waals surface area contributed by atoms with Crippen LogP contribution in [0.25, 0.3) is 0 Å². The van der Waals surface area contributed by atoms with Crippen molar-refractivity contribution in [2.75, 3.05) is 37.6 Å². The highest BCUT2D eigenvalue weighted by molar-refractivity contribution is 5.74. The van der Waals surface area contributed by atoms with E-state index in [-0.39, 0.29) is 6.03 Å². The summed E-state index contributed by atoms with van der Waals surface area (Å²) in [6.45, 7) is 3.47. The van der Waals surface area contributed by atoms with Crippen LogP contribution in [-0.2, 0) is 6.42 Å². The molecule has 7 nitrogen and oxygen atoms in total. The van der Waals surface area contributed by atoms with E-state index in [0.717, 1.165) is 31.0 Å². The molecule has 1 saturated heterocycles. The van der Waals surface area contributed by atoms with E-state index in [1.54, 1.807) is 24.7 Å². The standard InChI is InChI=1S/C16H20N6O/c23-16(20-8-4-14-3-1-5-17-13-14)22-11-9-21(10-12-22)15-18-6-2-7-19-15/h1-3,5-7,13H,4,8-12H2,(H,20,23). The van der Waals surface area contributed by atoms with Crippen molar-refractivity contribution in [3.63, 3.8) is 0 Å². The molecule has 120 valence electrons. The molecule has 1 N–H and O–H groups in total. The summed E-state index contributed by atoms with van der Waals surface area (Å²) in [4.78, 5) is 28.7. The predicted octanol–water partition coefficient (Wildman–Crippen LogP) is 0.946. The van der Waals surface area contributed by atoms with E-state index in [9.17, 15) is 4.79 Å². The summed E-state index contributed by atoms with van der Waals surface area (Å²) >= 11 is 0. The Hall–Kier alpha value is -2.70. The Morgan fingerprint density at radius 2 is 1.87 bits per heavy atom. The molecule has 2 amide bonds. The molecule has 0 unspecified atom stereocenters. The Morgan fingerprint density at radius 3 is 2.57 bits per heavy atom. The highest BCUT2D eigenvalue weighted by atomic mass is 16.2. The lowest BCUT2D eigenvalue weighted by molar-refractivity contribution is 0.194. The molecular formula is C16H20N6O. The van der Waals surface area contributed by atoms with E-state index in [4.69, 9.17) is 0 Å². The van der Waals surface area contributed by atoms with Gasteiger partial charge in [0.15, 0.2) is 0 Å². The number of rotatable bonds is 4. The van der Waals surface area contributed by atoms with Crippen molar-refractivity contribution in [1.82, 2.24) is 25.2 Å². The summed E-state index contributed by atoms with van der Waals surface area (Å²) in [6, 6.07) is 5.71. The van der Waals surface area contributed by atoms with E-state index in [1.165, 1.54) is 0 Å². The number of pyridine rings is 1. The van der Waals surface area contributed by atoms with Crippen molar-refractivity contribution >= 4 is 12.0 Å². The van der Waals surface area contributed by atoms with Crippen LogP contribution in [0.3, 0.4) is 0 Å². The average molecular weight is 312 g/mol. The van der Waals surface area contributed by atoms with Crippen LogP contribution in [0.1, 0.15) is 5.56 Å². The summed E-state index contributed by atoms with van der Waals surface area (Å²) in [5, 5.41) is 2.96. The van der Waals surface area contributed by atoms with Gasteiger partial charge in [0.1, 0.15) is 0 Å². The van der Waals surface area contributed by atoms with Crippen molar-refractivity contribution < 1.29 is 4.79 Å². The Balaban J connectivity index is 1.41. The summed E-state index contributed by atoms with van der Waals surface area (Å²) in [5.41, 5.74) is 1.12. The molecule has 7 heteroatoms. The number of anilines is 1. The fourth-order valence-electron chi connectivity index (χ4n) is 2.54. The van der Waals surface area contributed by atoms with Gasteiger partial charge >= 0.3 is 6.03 Å². The van der Waals surface area contributed by atoms with Crippen LogP contribution >= 0.6 is 0 Å². The summed E-state index contributed by atoms with van der Waals surface area (Å²) in [6.07, 6.45) is 7.83. The van der Waals surface area contributed by atoms with Gasteiger partial charge in [-0.05, 0) is 24.1 Å². The molecule has 23 heavy (non-hydrogen) atoms. The molecule has 0 spiro atoms. The molecule has 0 aromatic carbocycles. The van der Waals surface area contributed by atoms with Crippen LogP contribution < -0.4 is 10.2 Å². The van der Waals surface area contributed by atoms with Gasteiger partial charge in [0.05, 0.1) is 0 Å². The number of amides is 2. The topological polar surface area (TPSA) is 74.2 Å². The maximum atomic E-state index is 12.2. The normalized spacial score (nSPS) is 14.6. The second kappa shape index (κ2) is 7.53. The van der Waals surface area contributed by atoms with Gasteiger partial charge in [-0.25, -0.2) is 14.8 Å². The van der Waals surface area contributed by atoms with Crippen LogP contribution in [0.2, 0.25) is 0 Å². The highest BCUT2D eigenvalue weighted by Gasteiger charge is 2.21. The molecule has 3 rings (SSSR count). The molecule has 3 heterocycles. The molecule has 1 fully saturated rings. The van der Waals surface area contributed by atoms with Crippen molar-refractivity contribution in [2.45, 2.75) is 6.42 Å². The Morgan fingerprint density at radius 1 is 1.09 bits per heavy atom. The molecule has 0 saturated carbocycles. The lowest BCUT2D eigenvalue weighted by atomic mass is 10.2. The van der Waals surface area contributed by atoms with Crippen molar-refractivity contribution in [2.24, 2.45) is 0 Å². The zero-order valence-corrected chi connectivity index (χ0v) is 12.9. The van der Waals surface area contributed by atoms with E-state index in [0.29, 0.717) is 19.6 Å². The van der Waals surface area contributed by atoms with Gasteiger partial charge in [-0.15, -0.1) is 0 Å². The fraction of sp³-hybridized carbons (Fsp3) is 0.375. The minimum absolute atomic E-state index is 0.0116. The van der Waals surface area contributed by atoms with Crippen molar-refractivity contribution in [3.05, 3.63) is 48.5 Å². The summed E-state index contributed by atoms with van der Waals surface area (Å²) < 4.78 is 0. The number of nitrogens with zero attached hydrogens (tertiary/aromatic N) is 5. The number of nitrogens with one attached hydrogen (secondary N) is 1. The Bertz CT molecular complexity index is 613. The third-order valence-corrected chi connectivity index (χ3v) is 3.81. The summed E-state index contributed by atoms with van der Waals surface area (Å²) in [5.74, 6) is 0.726. The van der Waals surface area contributed by atoms with Crippen LogP contribution in [0.4, 0.5) is 10.7 Å². The second-order valence-electron chi connectivity index (χ2n) is 5.37. The molecule has 2 aromatic heterocycles. The number of carbonyl (C=O) groups excluding carboxylic acids is 1. The Labute approximate surface area is 135 Å². The zero-order chi connectivity index (χ0) is 15.9. The first-order valence-corrected chi connectivity index (χ1v) is 7.76. The highest BCUT2D eigenvalue weighted by Crippen LogP contribution is 2.09. The fourth-order valence-corrected chi connectivity index (χ4v) is 2.54. The monoisotopic (exact) mass is 312 g/mol. The molecule has 0 aliphatic carbocycles. The Kier molecular flexibility index (Phi) is 4.98. The molecule has 1 aliphatic rings. The number of piperazine rings is 1. The third-order valence-electron chi connectivity index (χ3n) is 3.81. The third kappa shape index (κ3) is 4.15. The first kappa shape index (κ1) is 15.2. The van der Waals surface area contributed by atoms with Gasteiger partial charge < -0.3 is 15.1 Å². The molecule has 0 radical (unpaired) electrons. The van der Waals surface area contributed by atoms with Crippen LogP contribution in [0.15, 0.2) is 43.0 Å². The quantitative estimate of drug-likeness (QED) is 0.910. The van der Waals surface area contributed by atoms with Crippen LogP contribution in [0, 0.1) is 0 Å². The van der Waals surface area contributed by atoms with Gasteiger partial charge in [0, 0.05) is 57.5 Å². The minimum Gasteiger partial charge on any atom is -0.338 e. The van der Waals surface area contributed by atoms with Gasteiger partial charge in [-0.3, -0.25) is 4.98 Å². The molecule has 0 atom stereocenters. The zero-order valence-electron chi connectivity index (χ0n) is 12.9. The number of urea groups is 1. The summed E-state index contributed by atoms with van der Waals surface area (Å²) in [7, 11) is 0. The molecule has 2 aromatic rings. The first-order chi connectivity index (χ1) is 11.3. The molecule has 1 aliphatic heterocycles. The lowest BCUT2D eigenvalue weighted by Crippen LogP contribution is -2.52. The van der Waals surface area contributed by atoms with Gasteiger partial charge in [-0.2, -0.15) is 0 Å². The number of aromatic nitrogens is 3. The maximum absolute atomic E-state index is 12.2. The predicted molar refractivity (Wildman–Crippen MR) is 87.2 cm³/mol. The van der Waals surface area contributed by atoms with E-state index in [1.807, 2.05) is 23.2 Å². The van der Waals surface area contributed by atoms with Gasteiger partial charge in [0.2, 0.25) is 5.95 Å². The van der Waals surface area contributed by atoms with Gasteiger partial charge in [0.25, 0.3) is 0 Å². The van der Waals surface area contributed by atoms with Crippen LogP contribution in [-0.4, -0.2) is 58.6 Å². The SMILES string of the molecule is O=C(NCCc1cccnc1)N1CCN(c2ncccn2)CC1. The molecular weight excluding hydrogens is 292 g/mol. The smallest absolute Gasteiger partial charge is 0.317 e. The second-order valence-corrected chi connectivity index (χ2v) is 5.37. The lowest BCUT2D eigenvalue weighted by Gasteiger charge is -2.34. The maximum Gasteiger partial charge on any atom is 0.317 e. The number of hydrogen-bond donors (Lipinski definition) is 1. The number of carbonyl (C=O) groups is 1.